The zero-order valence-electron chi connectivity index (χ0n) is 17.2. The number of ether oxygens (including phenoxy) is 1. The summed E-state index contributed by atoms with van der Waals surface area (Å²) in [6.45, 7) is 8.71. The largest absolute Gasteiger partial charge is 0.444 e. The van der Waals surface area contributed by atoms with E-state index in [1.54, 1.807) is 4.90 Å². The first kappa shape index (κ1) is 20.2. The van der Waals surface area contributed by atoms with Gasteiger partial charge in [0.05, 0.1) is 6.04 Å². The first-order valence-electron chi connectivity index (χ1n) is 10.0. The van der Waals surface area contributed by atoms with Gasteiger partial charge >= 0.3 is 6.09 Å². The highest BCUT2D eigenvalue weighted by molar-refractivity contribution is 5.87. The lowest BCUT2D eigenvalue weighted by molar-refractivity contribution is -0.127. The smallest absolute Gasteiger partial charge is 0.410 e. The highest BCUT2D eigenvalue weighted by Crippen LogP contribution is 2.26. The van der Waals surface area contributed by atoms with Crippen LogP contribution in [0.3, 0.4) is 0 Å². The molecule has 3 rings (SSSR count). The molecule has 5 heteroatoms. The van der Waals surface area contributed by atoms with Crippen LogP contribution in [0.2, 0.25) is 0 Å². The minimum Gasteiger partial charge on any atom is -0.444 e. The molecule has 2 amide bonds. The van der Waals surface area contributed by atoms with Crippen molar-refractivity contribution in [2.24, 2.45) is 5.92 Å². The van der Waals surface area contributed by atoms with Gasteiger partial charge in [-0.25, -0.2) is 4.79 Å². The highest BCUT2D eigenvalue weighted by Gasteiger charge is 2.30. The maximum atomic E-state index is 12.8. The molecular formula is C23H30N2O3. The molecule has 0 aromatic heterocycles. The SMILES string of the molecule is CC(NC(=O)C1CCN(C(=O)OC(C)(C)C)CC1)c1cccc2ccccc12. The van der Waals surface area contributed by atoms with Gasteiger partial charge in [-0.3, -0.25) is 4.79 Å². The predicted octanol–water partition coefficient (Wildman–Crippen LogP) is 4.66. The highest BCUT2D eigenvalue weighted by atomic mass is 16.6. The molecule has 1 heterocycles. The molecule has 28 heavy (non-hydrogen) atoms. The van der Waals surface area contributed by atoms with Crippen LogP contribution in [0, 0.1) is 5.92 Å². The number of hydrogen-bond acceptors (Lipinski definition) is 3. The number of rotatable bonds is 3. The van der Waals surface area contributed by atoms with Crippen molar-refractivity contribution in [1.29, 1.82) is 0 Å². The van der Waals surface area contributed by atoms with Crippen LogP contribution in [-0.4, -0.2) is 35.6 Å². The van der Waals surface area contributed by atoms with Crippen LogP contribution < -0.4 is 5.32 Å². The van der Waals surface area contributed by atoms with Crippen molar-refractivity contribution in [2.75, 3.05) is 13.1 Å². The van der Waals surface area contributed by atoms with Crippen LogP contribution in [0.1, 0.15) is 52.1 Å². The summed E-state index contributed by atoms with van der Waals surface area (Å²) in [6, 6.07) is 14.3. The molecule has 0 saturated carbocycles. The zero-order chi connectivity index (χ0) is 20.3. The first-order chi connectivity index (χ1) is 13.2. The minimum atomic E-state index is -0.501. The number of amides is 2. The third-order valence-electron chi connectivity index (χ3n) is 5.17. The summed E-state index contributed by atoms with van der Waals surface area (Å²) >= 11 is 0. The van der Waals surface area contributed by atoms with E-state index in [0.29, 0.717) is 25.9 Å². The van der Waals surface area contributed by atoms with E-state index in [-0.39, 0.29) is 24.0 Å². The lowest BCUT2D eigenvalue weighted by Gasteiger charge is -2.33. The minimum absolute atomic E-state index is 0.0595. The molecule has 1 aliphatic rings. The number of carbonyl (C=O) groups is 2. The fourth-order valence-electron chi connectivity index (χ4n) is 3.69. The van der Waals surface area contributed by atoms with Crippen LogP contribution in [-0.2, 0) is 9.53 Å². The number of benzene rings is 2. The second-order valence-electron chi connectivity index (χ2n) is 8.54. The van der Waals surface area contributed by atoms with Gasteiger partial charge in [-0.1, -0.05) is 42.5 Å². The summed E-state index contributed by atoms with van der Waals surface area (Å²) in [5.41, 5.74) is 0.622. The summed E-state index contributed by atoms with van der Waals surface area (Å²) in [4.78, 5) is 26.7. The summed E-state index contributed by atoms with van der Waals surface area (Å²) in [5, 5.41) is 5.50. The van der Waals surface area contributed by atoms with Gasteiger partial charge in [-0.2, -0.15) is 0 Å². The van der Waals surface area contributed by atoms with Gasteiger partial charge in [0, 0.05) is 19.0 Å². The topological polar surface area (TPSA) is 58.6 Å². The van der Waals surface area contributed by atoms with Crippen molar-refractivity contribution in [3.63, 3.8) is 0 Å². The molecular weight excluding hydrogens is 352 g/mol. The Labute approximate surface area is 167 Å². The van der Waals surface area contributed by atoms with Gasteiger partial charge < -0.3 is 15.0 Å². The number of piperidine rings is 1. The Morgan fingerprint density at radius 3 is 2.39 bits per heavy atom. The average Bonchev–Trinajstić information content (AvgIpc) is 2.66. The van der Waals surface area contributed by atoms with Gasteiger partial charge in [0.25, 0.3) is 0 Å². The normalized spacial score (nSPS) is 16.6. The lowest BCUT2D eigenvalue weighted by Crippen LogP contribution is -2.45. The predicted molar refractivity (Wildman–Crippen MR) is 111 cm³/mol. The van der Waals surface area contributed by atoms with E-state index in [4.69, 9.17) is 4.74 Å². The Kier molecular flexibility index (Phi) is 5.92. The number of fused-ring (bicyclic) bond motifs is 1. The molecule has 2 aromatic rings. The molecule has 1 N–H and O–H groups in total. The van der Waals surface area contributed by atoms with E-state index in [1.807, 2.05) is 45.9 Å². The van der Waals surface area contributed by atoms with Crippen molar-refractivity contribution in [3.8, 4) is 0 Å². The molecule has 2 aromatic carbocycles. The third kappa shape index (κ3) is 4.83. The maximum absolute atomic E-state index is 12.8. The second kappa shape index (κ2) is 8.21. The Morgan fingerprint density at radius 1 is 1.07 bits per heavy atom. The lowest BCUT2D eigenvalue weighted by atomic mass is 9.94. The van der Waals surface area contributed by atoms with E-state index < -0.39 is 5.60 Å². The van der Waals surface area contributed by atoms with E-state index in [0.717, 1.165) is 10.9 Å². The van der Waals surface area contributed by atoms with E-state index in [2.05, 4.69) is 29.6 Å². The molecule has 0 radical (unpaired) electrons. The molecule has 1 fully saturated rings. The molecule has 1 aliphatic heterocycles. The quantitative estimate of drug-likeness (QED) is 0.840. The van der Waals surface area contributed by atoms with Gasteiger partial charge in [0.2, 0.25) is 5.91 Å². The number of nitrogens with zero attached hydrogens (tertiary/aromatic N) is 1. The molecule has 0 spiro atoms. The Bertz CT molecular complexity index is 843. The second-order valence-corrected chi connectivity index (χ2v) is 8.54. The summed E-state index contributed by atoms with van der Waals surface area (Å²) < 4.78 is 5.42. The molecule has 0 bridgehead atoms. The zero-order valence-corrected chi connectivity index (χ0v) is 17.2. The summed E-state index contributed by atoms with van der Waals surface area (Å²) in [7, 11) is 0. The fourth-order valence-corrected chi connectivity index (χ4v) is 3.69. The molecule has 150 valence electrons. The van der Waals surface area contributed by atoms with Crippen LogP contribution >= 0.6 is 0 Å². The van der Waals surface area contributed by atoms with E-state index in [1.165, 1.54) is 5.39 Å². The van der Waals surface area contributed by atoms with Gasteiger partial charge in [-0.15, -0.1) is 0 Å². The third-order valence-corrected chi connectivity index (χ3v) is 5.17. The molecule has 1 atom stereocenters. The van der Waals surface area contributed by atoms with Crippen LogP contribution in [0.5, 0.6) is 0 Å². The van der Waals surface area contributed by atoms with Gasteiger partial charge in [0.1, 0.15) is 5.60 Å². The Balaban J connectivity index is 1.58. The molecule has 1 unspecified atom stereocenters. The molecule has 0 aliphatic carbocycles. The van der Waals surface area contributed by atoms with Crippen molar-refractivity contribution in [1.82, 2.24) is 10.2 Å². The number of hydrogen-bond donors (Lipinski definition) is 1. The maximum Gasteiger partial charge on any atom is 0.410 e. The summed E-state index contributed by atoms with van der Waals surface area (Å²) in [5.74, 6) is -0.0135. The van der Waals surface area contributed by atoms with Crippen LogP contribution in [0.15, 0.2) is 42.5 Å². The van der Waals surface area contributed by atoms with E-state index >= 15 is 0 Å². The monoisotopic (exact) mass is 382 g/mol. The van der Waals surface area contributed by atoms with Gasteiger partial charge in [0.15, 0.2) is 0 Å². The fraction of sp³-hybridized carbons (Fsp3) is 0.478. The molecule has 5 nitrogen and oxygen atoms in total. The Hall–Kier alpha value is -2.56. The van der Waals surface area contributed by atoms with Crippen LogP contribution in [0.4, 0.5) is 4.79 Å². The van der Waals surface area contributed by atoms with Crippen molar-refractivity contribution >= 4 is 22.8 Å². The first-order valence-corrected chi connectivity index (χ1v) is 10.0. The average molecular weight is 383 g/mol. The van der Waals surface area contributed by atoms with E-state index in [9.17, 15) is 9.59 Å². The van der Waals surface area contributed by atoms with Gasteiger partial charge in [-0.05, 0) is 56.9 Å². The van der Waals surface area contributed by atoms with Crippen molar-refractivity contribution < 1.29 is 14.3 Å². The summed E-state index contributed by atoms with van der Waals surface area (Å²) in [6.07, 6.45) is 1.02. The number of likely N-dealkylation sites (tertiary alicyclic amines) is 1. The number of nitrogens with one attached hydrogen (secondary N) is 1. The van der Waals surface area contributed by atoms with Crippen molar-refractivity contribution in [3.05, 3.63) is 48.0 Å². The molecule has 1 saturated heterocycles. The standard InChI is InChI=1S/C23H30N2O3/c1-16(19-11-7-9-17-8-5-6-10-20(17)19)24-21(26)18-12-14-25(15-13-18)22(27)28-23(2,3)4/h5-11,16,18H,12-15H2,1-4H3,(H,24,26). The van der Waals surface area contributed by atoms with Crippen molar-refractivity contribution in [2.45, 2.75) is 52.2 Å². The Morgan fingerprint density at radius 2 is 1.71 bits per heavy atom. The number of carbonyl (C=O) groups excluding carboxylic acids is 2. The van der Waals surface area contributed by atoms with Crippen LogP contribution in [0.25, 0.3) is 10.8 Å².